The van der Waals surface area contributed by atoms with Gasteiger partial charge in [-0.15, -0.1) is 0 Å². The molecule has 0 bridgehead atoms. The molecule has 5 N–H and O–H groups in total. The number of carbonyl (C=O) groups is 1. The van der Waals surface area contributed by atoms with Crippen LogP contribution in [0.3, 0.4) is 0 Å². The topological polar surface area (TPSA) is 132 Å². The van der Waals surface area contributed by atoms with Gasteiger partial charge < -0.3 is 25.6 Å². The summed E-state index contributed by atoms with van der Waals surface area (Å²) in [5.41, 5.74) is 7.63. The minimum absolute atomic E-state index is 0.0408. The van der Waals surface area contributed by atoms with Crippen LogP contribution < -0.4 is 21.1 Å². The minimum Gasteiger partial charge on any atom is -0.474 e. The van der Waals surface area contributed by atoms with Crippen molar-refractivity contribution in [3.8, 4) is 17.0 Å². The molecule has 0 radical (unpaired) electrons. The molecule has 5 rings (SSSR count). The highest BCUT2D eigenvalue weighted by atomic mass is 19.1. The van der Waals surface area contributed by atoms with Crippen LogP contribution in [-0.4, -0.2) is 46.0 Å². The van der Waals surface area contributed by atoms with E-state index in [1.165, 1.54) is 6.20 Å². The third-order valence-corrected chi connectivity index (χ3v) is 6.88. The number of benzene rings is 1. The van der Waals surface area contributed by atoms with Crippen molar-refractivity contribution < 1.29 is 23.8 Å². The highest BCUT2D eigenvalue weighted by Crippen LogP contribution is 2.41. The van der Waals surface area contributed by atoms with Gasteiger partial charge in [0.25, 0.3) is 0 Å². The number of aromatic nitrogens is 2. The number of rotatable bonds is 3. The number of nitrogens with zero attached hydrogens (tertiary/aromatic N) is 2. The average molecular weight is 468 g/mol. The molecule has 1 fully saturated rings. The van der Waals surface area contributed by atoms with Crippen LogP contribution in [0, 0.1) is 18.7 Å². The zero-order valence-corrected chi connectivity index (χ0v) is 19.1. The number of anilines is 3. The second kappa shape index (κ2) is 7.98. The molecular formula is C24H26FN5O4. The number of hydrogen-bond acceptors (Lipinski definition) is 8. The fourth-order valence-electron chi connectivity index (χ4n) is 4.48. The fourth-order valence-corrected chi connectivity index (χ4v) is 4.48. The van der Waals surface area contributed by atoms with Crippen molar-refractivity contribution in [2.75, 3.05) is 29.5 Å². The molecule has 1 aromatic carbocycles. The second-order valence-electron chi connectivity index (χ2n) is 9.11. The van der Waals surface area contributed by atoms with Crippen LogP contribution in [0.25, 0.3) is 21.9 Å². The molecule has 1 amide bonds. The first-order valence-electron chi connectivity index (χ1n) is 11.1. The lowest BCUT2D eigenvalue weighted by Gasteiger charge is -2.46. The van der Waals surface area contributed by atoms with Crippen molar-refractivity contribution in [3.05, 3.63) is 35.9 Å². The molecule has 0 spiro atoms. The zero-order chi connectivity index (χ0) is 24.2. The summed E-state index contributed by atoms with van der Waals surface area (Å²) >= 11 is 0. The average Bonchev–Trinajstić information content (AvgIpc) is 2.81. The molecule has 178 valence electrons. The quantitative estimate of drug-likeness (QED) is 0.427. The summed E-state index contributed by atoms with van der Waals surface area (Å²) in [7, 11) is 0. The van der Waals surface area contributed by atoms with Crippen molar-refractivity contribution in [2.45, 2.75) is 38.9 Å². The van der Waals surface area contributed by atoms with Crippen molar-refractivity contribution >= 4 is 34.1 Å². The van der Waals surface area contributed by atoms with E-state index in [1.54, 1.807) is 25.3 Å². The molecule has 9 nitrogen and oxygen atoms in total. The molecule has 1 aliphatic heterocycles. The van der Waals surface area contributed by atoms with Crippen LogP contribution in [-0.2, 0) is 4.74 Å². The Morgan fingerprint density at radius 2 is 2.15 bits per heavy atom. The molecule has 3 aromatic rings. The van der Waals surface area contributed by atoms with Gasteiger partial charge in [0.2, 0.25) is 5.88 Å². The number of aliphatic hydroxyl groups is 1. The van der Waals surface area contributed by atoms with E-state index in [4.69, 9.17) is 15.2 Å². The number of hydrogen-bond donors (Lipinski definition) is 4. The van der Waals surface area contributed by atoms with Crippen LogP contribution in [0.1, 0.15) is 25.8 Å². The van der Waals surface area contributed by atoms with Crippen molar-refractivity contribution in [3.63, 3.8) is 0 Å². The van der Waals surface area contributed by atoms with E-state index in [0.29, 0.717) is 41.8 Å². The smallest absolute Gasteiger partial charge is 0.413 e. The number of pyridine rings is 2. The van der Waals surface area contributed by atoms with Gasteiger partial charge in [0.1, 0.15) is 24.2 Å². The Morgan fingerprint density at radius 1 is 1.35 bits per heavy atom. The second-order valence-corrected chi connectivity index (χ2v) is 9.11. The number of amides is 1. The van der Waals surface area contributed by atoms with Gasteiger partial charge in [-0.25, -0.2) is 19.2 Å². The lowest BCUT2D eigenvalue weighted by Crippen LogP contribution is -2.55. The third-order valence-electron chi connectivity index (χ3n) is 6.88. The molecule has 0 saturated heterocycles. The minimum atomic E-state index is -0.838. The molecule has 0 unspecified atom stereocenters. The van der Waals surface area contributed by atoms with Crippen LogP contribution >= 0.6 is 0 Å². The van der Waals surface area contributed by atoms with E-state index in [2.05, 4.69) is 20.6 Å². The van der Waals surface area contributed by atoms with Crippen LogP contribution in [0.2, 0.25) is 0 Å². The van der Waals surface area contributed by atoms with Crippen molar-refractivity contribution in [1.82, 2.24) is 9.97 Å². The highest BCUT2D eigenvalue weighted by Gasteiger charge is 2.49. The molecule has 2 aliphatic rings. The molecule has 2 aromatic heterocycles. The van der Waals surface area contributed by atoms with E-state index in [1.807, 2.05) is 13.8 Å². The molecule has 10 heteroatoms. The van der Waals surface area contributed by atoms with E-state index < -0.39 is 17.5 Å². The van der Waals surface area contributed by atoms with Crippen LogP contribution in [0.4, 0.5) is 26.4 Å². The number of ether oxygens (including phenoxy) is 2. The van der Waals surface area contributed by atoms with Crippen molar-refractivity contribution in [1.29, 1.82) is 0 Å². The number of carbonyl (C=O) groups excluding carboxylic acids is 1. The molecule has 1 aliphatic carbocycles. The van der Waals surface area contributed by atoms with Gasteiger partial charge in [-0.2, -0.15) is 0 Å². The first kappa shape index (κ1) is 22.1. The van der Waals surface area contributed by atoms with Crippen molar-refractivity contribution in [2.24, 2.45) is 5.92 Å². The Kier molecular flexibility index (Phi) is 5.20. The van der Waals surface area contributed by atoms with Crippen LogP contribution in [0.5, 0.6) is 5.88 Å². The van der Waals surface area contributed by atoms with Gasteiger partial charge in [0.05, 0.1) is 11.3 Å². The van der Waals surface area contributed by atoms with E-state index >= 15 is 4.39 Å². The molecule has 3 heterocycles. The predicted molar refractivity (Wildman–Crippen MR) is 126 cm³/mol. The molecular weight excluding hydrogens is 441 g/mol. The number of halogens is 1. The number of fused-ring (bicyclic) bond motifs is 2. The predicted octanol–water partition coefficient (Wildman–Crippen LogP) is 3.84. The SMILES string of the molecule is Cc1c(-c2cc3cc(NC(=O)O[C@H]4C[C@@](C)(O)[C@H]4C)ncc3c(N)c2F)cnc2c1NCCO2. The normalized spacial score (nSPS) is 23.3. The standard InChI is InChI=1S/C24H26FN5O4/c1-11-15(9-29-22-21(11)27-4-5-33-22)14-6-13-7-18(28-10-16(13)20(26)19(14)25)30-23(31)34-17-8-24(3,32)12(17)2/h6-7,9-10,12,17,27,32H,4-5,8,26H2,1-3H3,(H,28,30,31)/t12-,17-,24+/m0/s1. The van der Waals surface area contributed by atoms with E-state index in [-0.39, 0.29) is 29.1 Å². The lowest BCUT2D eigenvalue weighted by molar-refractivity contribution is -0.153. The Balaban J connectivity index is 1.45. The summed E-state index contributed by atoms with van der Waals surface area (Å²) in [5.74, 6) is -0.00904. The first-order valence-corrected chi connectivity index (χ1v) is 11.1. The van der Waals surface area contributed by atoms with Gasteiger partial charge in [0.15, 0.2) is 5.82 Å². The van der Waals surface area contributed by atoms with E-state index in [0.717, 1.165) is 11.3 Å². The Labute approximate surface area is 195 Å². The maximum absolute atomic E-state index is 15.3. The highest BCUT2D eigenvalue weighted by molar-refractivity contribution is 5.99. The number of nitrogens with one attached hydrogen (secondary N) is 2. The summed E-state index contributed by atoms with van der Waals surface area (Å²) in [5, 5.41) is 16.9. The Morgan fingerprint density at radius 3 is 2.88 bits per heavy atom. The van der Waals surface area contributed by atoms with Gasteiger partial charge in [-0.3, -0.25) is 5.32 Å². The van der Waals surface area contributed by atoms with Gasteiger partial charge in [-0.1, -0.05) is 6.92 Å². The maximum Gasteiger partial charge on any atom is 0.413 e. The monoisotopic (exact) mass is 467 g/mol. The molecule has 34 heavy (non-hydrogen) atoms. The van der Waals surface area contributed by atoms with Gasteiger partial charge >= 0.3 is 6.09 Å². The fraction of sp³-hybridized carbons (Fsp3) is 0.375. The summed E-state index contributed by atoms with van der Waals surface area (Å²) in [6, 6.07) is 3.27. The summed E-state index contributed by atoms with van der Waals surface area (Å²) in [6.45, 7) is 6.55. The van der Waals surface area contributed by atoms with Crippen LogP contribution in [0.15, 0.2) is 24.5 Å². The summed E-state index contributed by atoms with van der Waals surface area (Å²) in [4.78, 5) is 20.8. The lowest BCUT2D eigenvalue weighted by atomic mass is 9.69. The largest absolute Gasteiger partial charge is 0.474 e. The van der Waals surface area contributed by atoms with E-state index in [9.17, 15) is 9.90 Å². The van der Waals surface area contributed by atoms with Gasteiger partial charge in [0, 0.05) is 47.8 Å². The number of nitrogens with two attached hydrogens (primary N) is 1. The maximum atomic E-state index is 15.3. The first-order chi connectivity index (χ1) is 16.2. The number of nitrogen functional groups attached to an aromatic ring is 1. The summed E-state index contributed by atoms with van der Waals surface area (Å²) in [6.07, 6.45) is 2.31. The van der Waals surface area contributed by atoms with Gasteiger partial charge in [-0.05, 0) is 36.9 Å². The summed E-state index contributed by atoms with van der Waals surface area (Å²) < 4.78 is 26.2. The zero-order valence-electron chi connectivity index (χ0n) is 19.1. The molecule has 3 atom stereocenters. The Bertz CT molecular complexity index is 1310. The third kappa shape index (κ3) is 3.63. The molecule has 1 saturated carbocycles. The Hall–Kier alpha value is -3.66.